The SMILES string of the molecule is CCN1CCN(c2nc(C)cc(N3CCC(C)CC3)n2)CC1. The molecule has 5 nitrogen and oxygen atoms in total. The second-order valence-corrected chi connectivity index (χ2v) is 6.76. The third-order valence-corrected chi connectivity index (χ3v) is 5.04. The Balaban J connectivity index is 1.73. The number of piperidine rings is 1. The van der Waals surface area contributed by atoms with Crippen LogP contribution in [0.4, 0.5) is 11.8 Å². The average molecular weight is 303 g/mol. The molecule has 122 valence electrons. The van der Waals surface area contributed by atoms with Gasteiger partial charge < -0.3 is 14.7 Å². The average Bonchev–Trinajstić information content (AvgIpc) is 2.55. The third kappa shape index (κ3) is 3.51. The van der Waals surface area contributed by atoms with E-state index < -0.39 is 0 Å². The van der Waals surface area contributed by atoms with Gasteiger partial charge >= 0.3 is 0 Å². The first-order valence-corrected chi connectivity index (χ1v) is 8.73. The molecular formula is C17H29N5. The molecule has 0 bridgehead atoms. The van der Waals surface area contributed by atoms with E-state index in [9.17, 15) is 0 Å². The first-order chi connectivity index (χ1) is 10.7. The lowest BCUT2D eigenvalue weighted by Gasteiger charge is -2.35. The summed E-state index contributed by atoms with van der Waals surface area (Å²) in [6, 6.07) is 2.14. The highest BCUT2D eigenvalue weighted by Gasteiger charge is 2.21. The molecule has 2 fully saturated rings. The number of aromatic nitrogens is 2. The maximum atomic E-state index is 4.88. The predicted molar refractivity (Wildman–Crippen MR) is 91.7 cm³/mol. The van der Waals surface area contributed by atoms with Gasteiger partial charge in [-0.15, -0.1) is 0 Å². The van der Waals surface area contributed by atoms with Crippen LogP contribution in [0.3, 0.4) is 0 Å². The Hall–Kier alpha value is -1.36. The van der Waals surface area contributed by atoms with Crippen LogP contribution in [0.25, 0.3) is 0 Å². The lowest BCUT2D eigenvalue weighted by molar-refractivity contribution is 0.270. The lowest BCUT2D eigenvalue weighted by atomic mass is 9.99. The number of nitrogens with zero attached hydrogens (tertiary/aromatic N) is 5. The van der Waals surface area contributed by atoms with Crippen LogP contribution >= 0.6 is 0 Å². The Labute approximate surface area is 134 Å². The van der Waals surface area contributed by atoms with Crippen molar-refractivity contribution >= 4 is 11.8 Å². The molecule has 0 spiro atoms. The molecule has 0 aliphatic carbocycles. The van der Waals surface area contributed by atoms with Crippen molar-refractivity contribution in [1.29, 1.82) is 0 Å². The zero-order valence-corrected chi connectivity index (χ0v) is 14.3. The van der Waals surface area contributed by atoms with Crippen molar-refractivity contribution in [2.24, 2.45) is 5.92 Å². The quantitative estimate of drug-likeness (QED) is 0.855. The topological polar surface area (TPSA) is 35.5 Å². The number of piperazine rings is 1. The van der Waals surface area contributed by atoms with Crippen LogP contribution in [0.5, 0.6) is 0 Å². The van der Waals surface area contributed by atoms with Gasteiger partial charge in [0.05, 0.1) is 0 Å². The normalized spacial score (nSPS) is 21.4. The molecule has 0 aromatic carbocycles. The van der Waals surface area contributed by atoms with Crippen LogP contribution in [0.1, 0.15) is 32.4 Å². The molecule has 1 aromatic rings. The van der Waals surface area contributed by atoms with E-state index in [1.54, 1.807) is 0 Å². The van der Waals surface area contributed by atoms with Crippen LogP contribution < -0.4 is 9.80 Å². The summed E-state index contributed by atoms with van der Waals surface area (Å²) in [7, 11) is 0. The van der Waals surface area contributed by atoms with Gasteiger partial charge in [-0.25, -0.2) is 4.98 Å². The van der Waals surface area contributed by atoms with Gasteiger partial charge in [-0.2, -0.15) is 4.98 Å². The molecule has 22 heavy (non-hydrogen) atoms. The molecule has 0 radical (unpaired) electrons. The Bertz CT molecular complexity index is 488. The standard InChI is InChI=1S/C17H29N5/c1-4-20-9-11-22(12-10-20)17-18-15(3)13-16(19-17)21-7-5-14(2)6-8-21/h13-14H,4-12H2,1-3H3. The van der Waals surface area contributed by atoms with E-state index in [4.69, 9.17) is 4.98 Å². The minimum absolute atomic E-state index is 0.848. The van der Waals surface area contributed by atoms with Gasteiger partial charge in [0.25, 0.3) is 0 Å². The number of anilines is 2. The van der Waals surface area contributed by atoms with E-state index in [0.717, 1.165) is 69.2 Å². The molecule has 3 heterocycles. The van der Waals surface area contributed by atoms with Crippen LogP contribution in [0.2, 0.25) is 0 Å². The van der Waals surface area contributed by atoms with E-state index in [2.05, 4.69) is 46.5 Å². The molecule has 2 aliphatic rings. The van der Waals surface area contributed by atoms with Gasteiger partial charge in [0, 0.05) is 51.0 Å². The van der Waals surface area contributed by atoms with E-state index in [1.807, 2.05) is 0 Å². The van der Waals surface area contributed by atoms with E-state index in [0.29, 0.717) is 0 Å². The van der Waals surface area contributed by atoms with Gasteiger partial charge in [0.1, 0.15) is 5.82 Å². The van der Waals surface area contributed by atoms with Crippen molar-refractivity contribution in [2.45, 2.75) is 33.6 Å². The summed E-state index contributed by atoms with van der Waals surface area (Å²) in [4.78, 5) is 16.8. The Morgan fingerprint density at radius 3 is 2.32 bits per heavy atom. The predicted octanol–water partition coefficient (Wildman–Crippen LogP) is 2.16. The minimum atomic E-state index is 0.848. The van der Waals surface area contributed by atoms with E-state index >= 15 is 0 Å². The second kappa shape index (κ2) is 6.82. The fourth-order valence-electron chi connectivity index (χ4n) is 3.34. The lowest BCUT2D eigenvalue weighted by Crippen LogP contribution is -2.47. The van der Waals surface area contributed by atoms with Crippen LogP contribution in [0, 0.1) is 12.8 Å². The number of aryl methyl sites for hydroxylation is 1. The molecular weight excluding hydrogens is 274 g/mol. The molecule has 3 rings (SSSR count). The van der Waals surface area contributed by atoms with Crippen molar-refractivity contribution in [1.82, 2.24) is 14.9 Å². The molecule has 0 atom stereocenters. The number of rotatable bonds is 3. The van der Waals surface area contributed by atoms with Gasteiger partial charge in [0.2, 0.25) is 5.95 Å². The highest BCUT2D eigenvalue weighted by atomic mass is 15.3. The molecule has 0 N–H and O–H groups in total. The molecule has 5 heteroatoms. The largest absolute Gasteiger partial charge is 0.356 e. The van der Waals surface area contributed by atoms with Crippen molar-refractivity contribution in [3.8, 4) is 0 Å². The zero-order chi connectivity index (χ0) is 15.5. The number of hydrogen-bond acceptors (Lipinski definition) is 5. The van der Waals surface area contributed by atoms with Gasteiger partial charge in [-0.1, -0.05) is 13.8 Å². The summed E-state index contributed by atoms with van der Waals surface area (Å²) < 4.78 is 0. The van der Waals surface area contributed by atoms with Crippen molar-refractivity contribution in [3.05, 3.63) is 11.8 Å². The number of likely N-dealkylation sites (N-methyl/N-ethyl adjacent to an activating group) is 1. The summed E-state index contributed by atoms with van der Waals surface area (Å²) in [5, 5.41) is 0. The summed E-state index contributed by atoms with van der Waals surface area (Å²) in [5.41, 5.74) is 1.08. The first kappa shape index (κ1) is 15.5. The first-order valence-electron chi connectivity index (χ1n) is 8.73. The maximum absolute atomic E-state index is 4.88. The minimum Gasteiger partial charge on any atom is -0.356 e. The Morgan fingerprint density at radius 2 is 1.68 bits per heavy atom. The summed E-state index contributed by atoms with van der Waals surface area (Å²) in [6.45, 7) is 14.4. The van der Waals surface area contributed by atoms with Crippen LogP contribution in [-0.2, 0) is 0 Å². The summed E-state index contributed by atoms with van der Waals surface area (Å²) in [5.74, 6) is 2.89. The Kier molecular flexibility index (Phi) is 4.81. The van der Waals surface area contributed by atoms with Gasteiger partial charge in [-0.3, -0.25) is 0 Å². The zero-order valence-electron chi connectivity index (χ0n) is 14.3. The molecule has 1 aromatic heterocycles. The maximum Gasteiger partial charge on any atom is 0.227 e. The monoisotopic (exact) mass is 303 g/mol. The van der Waals surface area contributed by atoms with Gasteiger partial charge in [0.15, 0.2) is 0 Å². The van der Waals surface area contributed by atoms with Crippen LogP contribution in [-0.4, -0.2) is 60.7 Å². The highest BCUT2D eigenvalue weighted by Crippen LogP contribution is 2.24. The van der Waals surface area contributed by atoms with Crippen molar-refractivity contribution in [2.75, 3.05) is 55.6 Å². The van der Waals surface area contributed by atoms with Gasteiger partial charge in [-0.05, 0) is 32.2 Å². The molecule has 0 amide bonds. The van der Waals surface area contributed by atoms with Crippen molar-refractivity contribution in [3.63, 3.8) is 0 Å². The van der Waals surface area contributed by atoms with Crippen LogP contribution in [0.15, 0.2) is 6.07 Å². The highest BCUT2D eigenvalue weighted by molar-refractivity contribution is 5.46. The third-order valence-electron chi connectivity index (χ3n) is 5.04. The summed E-state index contributed by atoms with van der Waals surface area (Å²) >= 11 is 0. The fourth-order valence-corrected chi connectivity index (χ4v) is 3.34. The molecule has 2 aliphatic heterocycles. The van der Waals surface area contributed by atoms with Crippen molar-refractivity contribution < 1.29 is 0 Å². The van der Waals surface area contributed by atoms with E-state index in [-0.39, 0.29) is 0 Å². The Morgan fingerprint density at radius 1 is 1.00 bits per heavy atom. The number of hydrogen-bond donors (Lipinski definition) is 0. The van der Waals surface area contributed by atoms with E-state index in [1.165, 1.54) is 12.8 Å². The fraction of sp³-hybridized carbons (Fsp3) is 0.765. The molecule has 0 unspecified atom stereocenters. The molecule has 0 saturated carbocycles. The molecule has 2 saturated heterocycles. The smallest absolute Gasteiger partial charge is 0.227 e. The summed E-state index contributed by atoms with van der Waals surface area (Å²) in [6.07, 6.45) is 2.54. The second-order valence-electron chi connectivity index (χ2n) is 6.76.